The van der Waals surface area contributed by atoms with Crippen LogP contribution < -0.4 is 0 Å². The Bertz CT molecular complexity index is 574. The zero-order valence-corrected chi connectivity index (χ0v) is 13.5. The molecule has 0 aromatic heterocycles. The molecule has 0 unspecified atom stereocenters. The van der Waals surface area contributed by atoms with Crippen LogP contribution in [0.3, 0.4) is 0 Å². The number of hydrogen-bond donors (Lipinski definition) is 0. The second-order valence-electron chi connectivity index (χ2n) is 5.69. The fourth-order valence-corrected chi connectivity index (χ4v) is 6.70. The Hall–Kier alpha value is -0.140. The van der Waals surface area contributed by atoms with Gasteiger partial charge in [-0.1, -0.05) is 40.3 Å². The molecule has 0 N–H and O–H groups in total. The van der Waals surface area contributed by atoms with E-state index in [9.17, 15) is 8.42 Å². The van der Waals surface area contributed by atoms with Crippen LogP contribution in [-0.2, 0) is 10.0 Å². The van der Waals surface area contributed by atoms with Crippen LogP contribution in [0.1, 0.15) is 24.8 Å². The molecule has 0 amide bonds. The van der Waals surface area contributed by atoms with E-state index in [0.29, 0.717) is 8.32 Å². The average molecular weight is 377 g/mol. The van der Waals surface area contributed by atoms with Crippen LogP contribution in [0.25, 0.3) is 0 Å². The SMILES string of the molecule is Cc1ccc(S(=O)(=O)N(C)C23CC(I)(C2)C3)cc1. The maximum Gasteiger partial charge on any atom is 0.243 e. The third-order valence-electron chi connectivity index (χ3n) is 4.28. The second kappa shape index (κ2) is 3.70. The topological polar surface area (TPSA) is 37.4 Å². The first-order valence-corrected chi connectivity index (χ1v) is 8.54. The van der Waals surface area contributed by atoms with Crippen molar-refractivity contribution in [3.05, 3.63) is 29.8 Å². The molecule has 0 radical (unpaired) electrons. The number of aryl methyl sites for hydroxylation is 1. The smallest absolute Gasteiger partial charge is 0.207 e. The van der Waals surface area contributed by atoms with Crippen LogP contribution in [0.4, 0.5) is 0 Å². The lowest BCUT2D eigenvalue weighted by molar-refractivity contribution is -0.0563. The van der Waals surface area contributed by atoms with Gasteiger partial charge < -0.3 is 0 Å². The van der Waals surface area contributed by atoms with Crippen LogP contribution in [0, 0.1) is 6.92 Å². The predicted octanol–water partition coefficient (Wildman–Crippen LogP) is 2.73. The van der Waals surface area contributed by atoms with Gasteiger partial charge in [-0.15, -0.1) is 0 Å². The highest BCUT2D eigenvalue weighted by Crippen LogP contribution is 2.68. The number of benzene rings is 1. The van der Waals surface area contributed by atoms with Gasteiger partial charge in [-0.3, -0.25) is 0 Å². The average Bonchev–Trinajstić information content (AvgIpc) is 2.23. The van der Waals surface area contributed by atoms with Gasteiger partial charge in [0, 0.05) is 16.0 Å². The zero-order valence-electron chi connectivity index (χ0n) is 10.5. The summed E-state index contributed by atoms with van der Waals surface area (Å²) in [5.74, 6) is 0. The first-order valence-electron chi connectivity index (χ1n) is 6.02. The molecule has 0 aliphatic heterocycles. The summed E-state index contributed by atoms with van der Waals surface area (Å²) in [4.78, 5) is 0.405. The fraction of sp³-hybridized carbons (Fsp3) is 0.538. The zero-order chi connectivity index (χ0) is 13.2. The van der Waals surface area contributed by atoms with E-state index in [4.69, 9.17) is 0 Å². The maximum absolute atomic E-state index is 12.5. The van der Waals surface area contributed by atoms with Crippen molar-refractivity contribution in [3.63, 3.8) is 0 Å². The maximum atomic E-state index is 12.5. The first-order chi connectivity index (χ1) is 8.28. The Kier molecular flexibility index (Phi) is 2.65. The lowest BCUT2D eigenvalue weighted by Crippen LogP contribution is -2.75. The van der Waals surface area contributed by atoms with Crippen molar-refractivity contribution < 1.29 is 8.42 Å². The molecule has 0 spiro atoms. The molecule has 3 saturated carbocycles. The Morgan fingerprint density at radius 1 is 1.17 bits per heavy atom. The number of alkyl halides is 1. The molecular formula is C13H16INO2S. The molecule has 2 bridgehead atoms. The van der Waals surface area contributed by atoms with E-state index >= 15 is 0 Å². The number of halogens is 1. The minimum Gasteiger partial charge on any atom is -0.207 e. The molecule has 1 aromatic carbocycles. The summed E-state index contributed by atoms with van der Waals surface area (Å²) in [6.45, 7) is 1.96. The van der Waals surface area contributed by atoms with Gasteiger partial charge in [-0.2, -0.15) is 4.31 Å². The minimum atomic E-state index is -3.33. The van der Waals surface area contributed by atoms with Crippen molar-refractivity contribution in [1.82, 2.24) is 4.31 Å². The quantitative estimate of drug-likeness (QED) is 0.600. The van der Waals surface area contributed by atoms with Gasteiger partial charge in [0.2, 0.25) is 10.0 Å². The van der Waals surface area contributed by atoms with Crippen molar-refractivity contribution in [2.45, 2.75) is 40.0 Å². The molecule has 3 nitrogen and oxygen atoms in total. The lowest BCUT2D eigenvalue weighted by Gasteiger charge is -2.70. The molecular weight excluding hydrogens is 361 g/mol. The van der Waals surface area contributed by atoms with E-state index in [-0.39, 0.29) is 5.54 Å². The third-order valence-corrected chi connectivity index (χ3v) is 7.41. The molecule has 3 fully saturated rings. The van der Waals surface area contributed by atoms with E-state index in [1.165, 1.54) is 0 Å². The summed E-state index contributed by atoms with van der Waals surface area (Å²) in [5, 5.41) is 0. The molecule has 0 saturated heterocycles. The highest BCUT2D eigenvalue weighted by molar-refractivity contribution is 14.1. The van der Waals surface area contributed by atoms with Gasteiger partial charge >= 0.3 is 0 Å². The molecule has 4 rings (SSSR count). The van der Waals surface area contributed by atoms with Crippen LogP contribution in [0.2, 0.25) is 0 Å². The lowest BCUT2D eigenvalue weighted by atomic mass is 9.50. The van der Waals surface area contributed by atoms with E-state index in [0.717, 1.165) is 24.8 Å². The van der Waals surface area contributed by atoms with Crippen molar-refractivity contribution in [1.29, 1.82) is 0 Å². The van der Waals surface area contributed by atoms with Crippen molar-refractivity contribution in [2.75, 3.05) is 7.05 Å². The Labute approximate surface area is 122 Å². The van der Waals surface area contributed by atoms with Gasteiger partial charge in [0.15, 0.2) is 0 Å². The Morgan fingerprint density at radius 3 is 2.11 bits per heavy atom. The van der Waals surface area contributed by atoms with Gasteiger partial charge in [0.25, 0.3) is 0 Å². The van der Waals surface area contributed by atoms with E-state index < -0.39 is 10.0 Å². The summed E-state index contributed by atoms with van der Waals surface area (Å²) in [6, 6.07) is 7.10. The van der Waals surface area contributed by atoms with E-state index in [1.807, 2.05) is 19.1 Å². The summed E-state index contributed by atoms with van der Waals surface area (Å²) >= 11 is 2.46. The summed E-state index contributed by atoms with van der Waals surface area (Å²) < 4.78 is 27.1. The third kappa shape index (κ3) is 1.67. The van der Waals surface area contributed by atoms with E-state index in [2.05, 4.69) is 22.6 Å². The van der Waals surface area contributed by atoms with Crippen LogP contribution >= 0.6 is 22.6 Å². The summed E-state index contributed by atoms with van der Waals surface area (Å²) in [7, 11) is -1.61. The number of sulfonamides is 1. The largest absolute Gasteiger partial charge is 0.243 e. The van der Waals surface area contributed by atoms with Gasteiger partial charge in [-0.25, -0.2) is 8.42 Å². The van der Waals surface area contributed by atoms with Crippen molar-refractivity contribution in [3.8, 4) is 0 Å². The van der Waals surface area contributed by atoms with Gasteiger partial charge in [0.05, 0.1) is 4.90 Å². The molecule has 98 valence electrons. The molecule has 0 atom stereocenters. The predicted molar refractivity (Wildman–Crippen MR) is 79.5 cm³/mol. The van der Waals surface area contributed by atoms with Crippen LogP contribution in [-0.4, -0.2) is 28.7 Å². The van der Waals surface area contributed by atoms with E-state index in [1.54, 1.807) is 23.5 Å². The van der Waals surface area contributed by atoms with Gasteiger partial charge in [0.1, 0.15) is 0 Å². The number of rotatable bonds is 3. The molecule has 5 heteroatoms. The second-order valence-corrected chi connectivity index (χ2v) is 9.95. The molecule has 3 aliphatic rings. The Balaban J connectivity index is 1.89. The molecule has 3 aliphatic carbocycles. The molecule has 0 heterocycles. The van der Waals surface area contributed by atoms with Crippen LogP contribution in [0.5, 0.6) is 0 Å². The molecule has 1 aromatic rings. The molecule has 18 heavy (non-hydrogen) atoms. The number of hydrogen-bond acceptors (Lipinski definition) is 2. The monoisotopic (exact) mass is 377 g/mol. The normalized spacial score (nSPS) is 34.0. The summed E-state index contributed by atoms with van der Waals surface area (Å²) in [5.41, 5.74) is 0.985. The van der Waals surface area contributed by atoms with Crippen molar-refractivity contribution in [2.24, 2.45) is 0 Å². The van der Waals surface area contributed by atoms with Crippen LogP contribution in [0.15, 0.2) is 29.2 Å². The summed E-state index contributed by atoms with van der Waals surface area (Å²) in [6.07, 6.45) is 3.01. The highest BCUT2D eigenvalue weighted by atomic mass is 127. The fourth-order valence-electron chi connectivity index (χ4n) is 3.07. The van der Waals surface area contributed by atoms with Crippen molar-refractivity contribution >= 4 is 32.6 Å². The number of nitrogens with zero attached hydrogens (tertiary/aromatic N) is 1. The highest BCUT2D eigenvalue weighted by Gasteiger charge is 2.70. The standard InChI is InChI=1S/C13H16INO2S/c1-10-3-5-11(6-4-10)18(16,17)15(2)13-7-12(14,8-13)9-13/h3-6H,7-9H2,1-2H3. The first kappa shape index (κ1) is 12.9. The Morgan fingerprint density at radius 2 is 1.67 bits per heavy atom. The van der Waals surface area contributed by atoms with Gasteiger partial charge in [-0.05, 0) is 38.3 Å². The minimum absolute atomic E-state index is 0.0924.